The first-order valence-electron chi connectivity index (χ1n) is 22.1. The highest BCUT2D eigenvalue weighted by Gasteiger charge is 2.92. The lowest BCUT2D eigenvalue weighted by atomic mass is 9.43. The van der Waals surface area contributed by atoms with E-state index in [1.165, 1.54) is 19.3 Å². The molecule has 2 nitrogen and oxygen atoms in total. The Morgan fingerprint density at radius 2 is 1.57 bits per heavy atom. The van der Waals surface area contributed by atoms with Gasteiger partial charge in [0, 0.05) is 34.0 Å². The number of carbonyl (C=O) groups is 1. The Bertz CT molecular complexity index is 2170. The predicted octanol–water partition coefficient (Wildman–Crippen LogP) is 8.59. The second-order valence-corrected chi connectivity index (χ2v) is 23.7. The van der Waals surface area contributed by atoms with Crippen LogP contribution < -0.4 is 0 Å². The van der Waals surface area contributed by atoms with Crippen molar-refractivity contribution in [3.05, 3.63) is 68.5 Å². The van der Waals surface area contributed by atoms with Crippen molar-refractivity contribution in [3.63, 3.8) is 0 Å². The Morgan fingerprint density at radius 1 is 0.765 bits per heavy atom. The van der Waals surface area contributed by atoms with Crippen LogP contribution in [0.2, 0.25) is 0 Å². The number of ether oxygens (including phenoxy) is 1. The smallest absolute Gasteiger partial charge is 0.305 e. The Morgan fingerprint density at radius 3 is 2.45 bits per heavy atom. The molecule has 18 rings (SSSR count). The molecule has 0 aromatic carbocycles. The number of hydrogen-bond donors (Lipinski definition) is 0. The van der Waals surface area contributed by atoms with E-state index in [2.05, 4.69) is 46.9 Å². The zero-order valence-electron chi connectivity index (χ0n) is 29.6. The summed E-state index contributed by atoms with van der Waals surface area (Å²) in [5.41, 5.74) is 10.6. The Balaban J connectivity index is 0.986. The van der Waals surface area contributed by atoms with Gasteiger partial charge < -0.3 is 4.74 Å². The maximum atomic E-state index is 13.2. The van der Waals surface area contributed by atoms with Crippen molar-refractivity contribution in [1.82, 2.24) is 0 Å². The van der Waals surface area contributed by atoms with Crippen LogP contribution in [0.15, 0.2) is 63.6 Å². The molecule has 1 spiro atoms. The van der Waals surface area contributed by atoms with E-state index in [4.69, 9.17) is 4.74 Å². The minimum absolute atomic E-state index is 0.0134. The summed E-state index contributed by atoms with van der Waals surface area (Å²) < 4.78 is 5.44. The minimum Gasteiger partial charge on any atom is -0.469 e. The van der Waals surface area contributed by atoms with E-state index in [0.29, 0.717) is 12.3 Å². The largest absolute Gasteiger partial charge is 0.469 e. The van der Waals surface area contributed by atoms with Crippen LogP contribution in [-0.4, -0.2) is 13.1 Å². The van der Waals surface area contributed by atoms with Gasteiger partial charge in [0.1, 0.15) is 0 Å². The molecule has 1 heterocycles. The van der Waals surface area contributed by atoms with E-state index >= 15 is 0 Å². The number of hydrogen-bond acceptors (Lipinski definition) is 3. The highest BCUT2D eigenvalue weighted by atomic mass is 32.1. The minimum atomic E-state index is 0.0134. The van der Waals surface area contributed by atoms with Gasteiger partial charge in [0.15, 0.2) is 0 Å². The van der Waals surface area contributed by atoms with Gasteiger partial charge in [-0.2, -0.15) is 0 Å². The third-order valence-electron chi connectivity index (χ3n) is 23.4. The summed E-state index contributed by atoms with van der Waals surface area (Å²) in [7, 11) is 1.62. The summed E-state index contributed by atoms with van der Waals surface area (Å²) in [6.07, 6.45) is 18.4. The number of rotatable bonds is 4. The van der Waals surface area contributed by atoms with Gasteiger partial charge in [-0.15, -0.1) is 11.3 Å². The van der Waals surface area contributed by atoms with Crippen molar-refractivity contribution in [2.75, 3.05) is 7.11 Å². The normalized spacial score (nSPS) is 69.4. The van der Waals surface area contributed by atoms with Crippen molar-refractivity contribution in [2.24, 2.45) is 153 Å². The van der Waals surface area contributed by atoms with Gasteiger partial charge in [-0.25, -0.2) is 0 Å². The van der Waals surface area contributed by atoms with Crippen LogP contribution in [0, 0.1) is 153 Å². The molecule has 1 aromatic heterocycles. The quantitative estimate of drug-likeness (QED) is 0.234. The maximum absolute atomic E-state index is 13.2. The fourth-order valence-electron chi connectivity index (χ4n) is 24.6. The van der Waals surface area contributed by atoms with E-state index < -0.39 is 0 Å². The molecule has 13 saturated carbocycles. The average Bonchev–Trinajstić information content (AvgIpc) is 3.92. The summed E-state index contributed by atoms with van der Waals surface area (Å²) in [5, 5.41) is 2.37. The van der Waals surface area contributed by atoms with E-state index in [9.17, 15) is 4.79 Å². The molecule has 0 amide bonds. The van der Waals surface area contributed by atoms with Crippen molar-refractivity contribution in [1.29, 1.82) is 0 Å². The number of allylic oxidation sites excluding steroid dienone is 8. The summed E-state index contributed by atoms with van der Waals surface area (Å²) in [6.45, 7) is 0. The predicted molar refractivity (Wildman–Crippen MR) is 191 cm³/mol. The van der Waals surface area contributed by atoms with Gasteiger partial charge in [-0.3, -0.25) is 4.79 Å². The van der Waals surface area contributed by atoms with Crippen LogP contribution in [0.5, 0.6) is 0 Å². The summed E-state index contributed by atoms with van der Waals surface area (Å²) in [6, 6.07) is 4.87. The van der Waals surface area contributed by atoms with E-state index in [1.807, 2.05) is 28.1 Å². The zero-order valence-corrected chi connectivity index (χ0v) is 30.4. The molecule has 0 radical (unpaired) electrons. The Hall–Kier alpha value is -1.87. The third-order valence-corrected chi connectivity index (χ3v) is 24.5. The second kappa shape index (κ2) is 7.29. The first kappa shape index (κ1) is 26.0. The van der Waals surface area contributed by atoms with Crippen LogP contribution in [-0.2, 0) is 14.9 Å². The van der Waals surface area contributed by atoms with Crippen molar-refractivity contribution < 1.29 is 9.53 Å². The van der Waals surface area contributed by atoms with Crippen molar-refractivity contribution in [3.8, 4) is 0 Å². The molecule has 3 heteroatoms. The van der Waals surface area contributed by atoms with E-state index in [-0.39, 0.29) is 16.8 Å². The fourth-order valence-corrected chi connectivity index (χ4v) is 25.6. The molecule has 51 heavy (non-hydrogen) atoms. The van der Waals surface area contributed by atoms with Gasteiger partial charge in [0.25, 0.3) is 0 Å². The first-order chi connectivity index (χ1) is 25.2. The lowest BCUT2D eigenvalue weighted by Gasteiger charge is -2.61. The van der Waals surface area contributed by atoms with Crippen molar-refractivity contribution >= 4 is 17.3 Å². The van der Waals surface area contributed by atoms with Crippen LogP contribution >= 0.6 is 11.3 Å². The Kier molecular flexibility index (Phi) is 3.72. The summed E-state index contributed by atoms with van der Waals surface area (Å²) in [5.74, 6) is 24.2. The lowest BCUT2D eigenvalue weighted by molar-refractivity contribution is -0.141. The lowest BCUT2D eigenvalue weighted by Crippen LogP contribution is -2.58. The number of methoxy groups -OCH3 is 1. The van der Waals surface area contributed by atoms with E-state index in [1.54, 1.807) is 24.8 Å². The van der Waals surface area contributed by atoms with Gasteiger partial charge in [0.2, 0.25) is 0 Å². The molecular formula is C48H48O2S. The molecule has 0 bridgehead atoms. The molecule has 0 aliphatic heterocycles. The molecule has 17 aliphatic carbocycles. The number of fused-ring (bicyclic) bond motifs is 1. The SMILES string of the molecule is COC(=O)CCC1(c2cccs2)C2C3=CC4CC5CC6CC7CC8=CC9CC%10=CC21C1C%10C2C9C9C8C7C7C6C6C5C4=C4C3C1C1C4C6C7C9C21. The topological polar surface area (TPSA) is 26.3 Å². The molecular weight excluding hydrogens is 641 g/mol. The van der Waals surface area contributed by atoms with Crippen molar-refractivity contribution in [2.45, 2.75) is 50.4 Å². The second-order valence-electron chi connectivity index (χ2n) is 22.7. The first-order valence-corrected chi connectivity index (χ1v) is 23.0. The molecule has 17 aliphatic rings. The van der Waals surface area contributed by atoms with Crippen LogP contribution in [0.1, 0.15) is 49.8 Å². The molecule has 13 fully saturated rings. The summed E-state index contributed by atoms with van der Waals surface area (Å²) >= 11 is 2.04. The van der Waals surface area contributed by atoms with Gasteiger partial charge in [-0.05, 0) is 186 Å². The average molecular weight is 689 g/mol. The molecule has 27 unspecified atom stereocenters. The highest BCUT2D eigenvalue weighted by molar-refractivity contribution is 7.10. The highest BCUT2D eigenvalue weighted by Crippen LogP contribution is 2.96. The number of carbonyl (C=O) groups excluding carboxylic acids is 1. The number of thiophene rings is 1. The third kappa shape index (κ3) is 2.09. The molecule has 0 saturated heterocycles. The molecule has 0 N–H and O–H groups in total. The summed E-state index contributed by atoms with van der Waals surface area (Å²) in [4.78, 5) is 14.8. The molecule has 27 atom stereocenters. The monoisotopic (exact) mass is 688 g/mol. The standard InChI is InChI=1S/C48H48O2S/c1-50-24(49)4-5-47(23-3-2-6-51-23)46-22-13-20-11-17-9-18-8-15-7-16-10-19-12-21-14-48(46,47)45-31(21)36-30(19)35-26(16)25(15)33-29(18)34-27(17)28(20)37-32(22)44(45)43-41(36)39(35)38(33)40(34)42(37)43/h2-3,6,10,13-15,17-20,25-27,29-36,38-46H,4-5,7-9,11-12H2,1H3. The zero-order chi connectivity index (χ0) is 32.1. The van der Waals surface area contributed by atoms with Gasteiger partial charge in [0.05, 0.1) is 7.11 Å². The van der Waals surface area contributed by atoms with Crippen LogP contribution in [0.3, 0.4) is 0 Å². The van der Waals surface area contributed by atoms with Gasteiger partial charge >= 0.3 is 5.97 Å². The fraction of sp³-hybridized carbons (Fsp3) is 0.729. The Labute approximate surface area is 305 Å². The van der Waals surface area contributed by atoms with E-state index in [0.717, 1.165) is 148 Å². The maximum Gasteiger partial charge on any atom is 0.305 e. The molecule has 258 valence electrons. The van der Waals surface area contributed by atoms with Crippen LogP contribution in [0.25, 0.3) is 0 Å². The molecule has 1 aromatic rings. The van der Waals surface area contributed by atoms with Gasteiger partial charge in [-0.1, -0.05) is 52.2 Å². The number of esters is 1. The van der Waals surface area contributed by atoms with Crippen LogP contribution in [0.4, 0.5) is 0 Å².